The fourth-order valence-corrected chi connectivity index (χ4v) is 20.3. The molecule has 0 atom stereocenters. The van der Waals surface area contributed by atoms with Crippen LogP contribution >= 0.6 is 0 Å². The largest absolute Gasteiger partial charge is 0.309 e. The number of nitrogens with zero attached hydrogens (tertiary/aromatic N) is 2. The molecule has 0 aliphatic heterocycles. The van der Waals surface area contributed by atoms with Crippen LogP contribution in [0.15, 0.2) is 115 Å². The molecule has 7 aromatic carbocycles. The van der Waals surface area contributed by atoms with Gasteiger partial charge < -0.3 is 9.80 Å². The molecule has 0 unspecified atom stereocenters. The Labute approximate surface area is 472 Å². The second-order valence-corrected chi connectivity index (χ2v) is 72.6. The maximum Gasteiger partial charge on any atom is 0.0776 e. The second kappa shape index (κ2) is 20.2. The third-order valence-electron chi connectivity index (χ3n) is 15.9. The van der Waals surface area contributed by atoms with Crippen molar-refractivity contribution in [2.75, 3.05) is 9.80 Å². The Morgan fingerprint density at radius 1 is 0.250 bits per heavy atom. The molecule has 0 aliphatic carbocycles. The molecule has 0 radical (unpaired) electrons. The summed E-state index contributed by atoms with van der Waals surface area (Å²) in [7, 11) is -14.4. The summed E-state index contributed by atoms with van der Waals surface area (Å²) < 4.78 is 0. The lowest BCUT2D eigenvalue weighted by atomic mass is 9.84. The number of benzene rings is 7. The van der Waals surface area contributed by atoms with Gasteiger partial charge in [0.2, 0.25) is 0 Å². The Morgan fingerprint density at radius 3 is 0.671 bits per heavy atom. The van der Waals surface area contributed by atoms with Gasteiger partial charge in [0.05, 0.1) is 76.0 Å². The van der Waals surface area contributed by atoms with Gasteiger partial charge in [-0.1, -0.05) is 280 Å². The fraction of sp³-hybridized carbons (Fsp3) is 0.424. The Hall–Kier alpha value is -3.60. The van der Waals surface area contributed by atoms with Crippen molar-refractivity contribution in [1.82, 2.24) is 0 Å². The highest BCUT2D eigenvalue weighted by molar-refractivity contribution is 6.94. The zero-order chi connectivity index (χ0) is 57.1. The van der Waals surface area contributed by atoms with Crippen LogP contribution in [0, 0.1) is 0 Å². The maximum absolute atomic E-state index is 2.79. The van der Waals surface area contributed by atoms with E-state index < -0.39 is 64.6 Å². The lowest BCUT2D eigenvalue weighted by molar-refractivity contribution is 0.591. The highest BCUT2D eigenvalue weighted by Gasteiger charge is 2.34. The highest BCUT2D eigenvalue weighted by Crippen LogP contribution is 2.52. The van der Waals surface area contributed by atoms with E-state index in [1.54, 1.807) is 0 Å². The van der Waals surface area contributed by atoms with Gasteiger partial charge >= 0.3 is 0 Å². The summed E-state index contributed by atoms with van der Waals surface area (Å²) in [6.45, 7) is 68.1. The molecule has 0 saturated carbocycles. The van der Waals surface area contributed by atoms with Gasteiger partial charge in [0, 0.05) is 44.3 Å². The van der Waals surface area contributed by atoms with E-state index in [1.807, 2.05) is 0 Å². The van der Waals surface area contributed by atoms with Crippen molar-refractivity contribution in [3.8, 4) is 0 Å². The minimum atomic E-state index is -1.80. The summed E-state index contributed by atoms with van der Waals surface area (Å²) in [5, 5.41) is 17.5. The van der Waals surface area contributed by atoms with Gasteiger partial charge in [0.15, 0.2) is 0 Å². The van der Waals surface area contributed by atoms with Gasteiger partial charge in [-0.15, -0.1) is 0 Å². The minimum Gasteiger partial charge on any atom is -0.309 e. The predicted octanol–water partition coefficient (Wildman–Crippen LogP) is 16.6. The first-order chi connectivity index (χ1) is 34.3. The molecule has 76 heavy (non-hydrogen) atoms. The fourth-order valence-electron chi connectivity index (χ4n) is 10.3. The van der Waals surface area contributed by atoms with Crippen molar-refractivity contribution in [2.45, 2.75) is 183 Å². The first kappa shape index (κ1) is 60.0. The van der Waals surface area contributed by atoms with Gasteiger partial charge in [-0.05, 0) is 65.6 Å². The van der Waals surface area contributed by atoms with Crippen LogP contribution in [0.25, 0.3) is 21.5 Å². The molecule has 7 rings (SSSR count). The van der Waals surface area contributed by atoms with Crippen LogP contribution in [-0.2, 0) is 5.41 Å². The molecule has 0 spiro atoms. The predicted molar refractivity (Wildman–Crippen MR) is 373 cm³/mol. The molecule has 0 heterocycles. The van der Waals surface area contributed by atoms with Crippen molar-refractivity contribution < 1.29 is 0 Å². The lowest BCUT2D eigenvalue weighted by Crippen LogP contribution is -2.46. The van der Waals surface area contributed by atoms with Crippen LogP contribution in [0.1, 0.15) is 26.3 Å². The molecule has 0 amide bonds. The van der Waals surface area contributed by atoms with Gasteiger partial charge in [-0.25, -0.2) is 0 Å². The van der Waals surface area contributed by atoms with Crippen molar-refractivity contribution in [3.05, 3.63) is 121 Å². The van der Waals surface area contributed by atoms with E-state index in [0.717, 1.165) is 0 Å². The molecule has 2 nitrogen and oxygen atoms in total. The third kappa shape index (κ3) is 12.9. The van der Waals surface area contributed by atoms with E-state index in [1.165, 1.54) is 103 Å². The van der Waals surface area contributed by atoms with E-state index in [-0.39, 0.29) is 5.41 Å². The first-order valence-electron chi connectivity index (χ1n) is 28.6. The average molecular weight is 1150 g/mol. The summed E-state index contributed by atoms with van der Waals surface area (Å²) >= 11 is 0. The minimum absolute atomic E-state index is 0.0802. The van der Waals surface area contributed by atoms with Crippen LogP contribution in [0.2, 0.25) is 157 Å². The Bertz CT molecular complexity index is 3050. The first-order valence-corrected chi connectivity index (χ1v) is 56.6. The number of anilines is 6. The summed E-state index contributed by atoms with van der Waals surface area (Å²) in [5.74, 6) is 0. The second-order valence-electron chi connectivity index (χ2n) is 32.0. The summed E-state index contributed by atoms with van der Waals surface area (Å²) in [6, 6.07) is 48.7. The van der Waals surface area contributed by atoms with E-state index in [4.69, 9.17) is 0 Å². The van der Waals surface area contributed by atoms with E-state index in [9.17, 15) is 0 Å². The monoisotopic (exact) mass is 1140 g/mol. The topological polar surface area (TPSA) is 6.48 Å². The molecule has 406 valence electrons. The van der Waals surface area contributed by atoms with E-state index in [0.29, 0.717) is 0 Å². The van der Waals surface area contributed by atoms with Crippen LogP contribution in [0.5, 0.6) is 0 Å². The zero-order valence-corrected chi connectivity index (χ0v) is 60.9. The Balaban J connectivity index is 1.83. The van der Waals surface area contributed by atoms with Crippen molar-refractivity contribution >= 4 is 162 Å². The van der Waals surface area contributed by atoms with Crippen LogP contribution in [0.3, 0.4) is 0 Å². The van der Waals surface area contributed by atoms with Crippen molar-refractivity contribution in [1.29, 1.82) is 0 Å². The van der Waals surface area contributed by atoms with Crippen LogP contribution in [-0.4, -0.2) is 64.6 Å². The molecule has 0 fully saturated rings. The van der Waals surface area contributed by atoms with Gasteiger partial charge in [0.25, 0.3) is 0 Å². The lowest BCUT2D eigenvalue weighted by Gasteiger charge is -2.37. The van der Waals surface area contributed by atoms with Crippen LogP contribution < -0.4 is 51.3 Å². The molecular weight excluding hydrogens is 1050 g/mol. The molecule has 0 saturated heterocycles. The SMILES string of the molecule is CC(C)(C)c1ccc2c(N(c3cc([Si](C)(C)C)cc([Si](C)(C)C)c3)c3cc([Si](C)(C)C)cc([Si](C)(C)C)c3)c3ccccc3c(N(c3cc([Si](C)(C)C)cc([Si](C)(C)C)c3)c3cc([Si](C)(C)C)cc([Si](C)(C)C)c3)c2c1. The maximum atomic E-state index is 2.79. The highest BCUT2D eigenvalue weighted by atomic mass is 28.3. The van der Waals surface area contributed by atoms with Crippen molar-refractivity contribution in [3.63, 3.8) is 0 Å². The van der Waals surface area contributed by atoms with E-state index in [2.05, 4.69) is 303 Å². The molecule has 10 heteroatoms. The van der Waals surface area contributed by atoms with Crippen LogP contribution in [0.4, 0.5) is 34.1 Å². The quantitative estimate of drug-likeness (QED) is 0.0608. The number of hydrogen-bond acceptors (Lipinski definition) is 2. The molecule has 0 aromatic heterocycles. The molecule has 0 N–H and O–H groups in total. The average Bonchev–Trinajstić information content (AvgIpc) is 3.26. The zero-order valence-electron chi connectivity index (χ0n) is 52.9. The van der Waals surface area contributed by atoms with Crippen molar-refractivity contribution in [2.24, 2.45) is 0 Å². The van der Waals surface area contributed by atoms with Gasteiger partial charge in [-0.3, -0.25) is 0 Å². The number of fused-ring (bicyclic) bond motifs is 2. The smallest absolute Gasteiger partial charge is 0.0776 e. The molecular formula is C66H100N2Si8. The summed E-state index contributed by atoms with van der Waals surface area (Å²) in [4.78, 5) is 5.57. The van der Waals surface area contributed by atoms with E-state index >= 15 is 0 Å². The molecule has 0 aliphatic rings. The number of rotatable bonds is 14. The summed E-state index contributed by atoms with van der Waals surface area (Å²) in [5.41, 5.74) is 9.05. The Morgan fingerprint density at radius 2 is 0.461 bits per heavy atom. The summed E-state index contributed by atoms with van der Waals surface area (Å²) in [6.07, 6.45) is 0. The standard InChI is InChI=1S/C66H100N2Si8/c1-66(2,3)47-32-33-62-63(34-47)65(68(50-39-56(73(16,17)18)45-57(40-50)74(19,20)21)51-41-58(75(22,23)24)46-59(42-51)76(25,26)27)61-31-29-28-30-60(61)64(62)67(48-35-52(69(4,5)6)43-53(36-48)70(7,8)9)49-37-54(71(10,11)12)44-55(38-49)72(13,14)15/h28-46H,1-27H3. The molecule has 7 aromatic rings. The Kier molecular flexibility index (Phi) is 15.9. The van der Waals surface area contributed by atoms with Gasteiger partial charge in [-0.2, -0.15) is 0 Å². The third-order valence-corrected chi connectivity index (χ3v) is 32.1. The molecule has 0 bridgehead atoms. The van der Waals surface area contributed by atoms with Gasteiger partial charge in [0.1, 0.15) is 0 Å². The normalized spacial score (nSPS) is 13.7. The number of hydrogen-bond donors (Lipinski definition) is 0.